The van der Waals surface area contributed by atoms with Crippen molar-refractivity contribution >= 4 is 5.91 Å². The van der Waals surface area contributed by atoms with Crippen LogP contribution in [0.3, 0.4) is 0 Å². The lowest BCUT2D eigenvalue weighted by molar-refractivity contribution is -0.120. The van der Waals surface area contributed by atoms with Crippen LogP contribution in [0.5, 0.6) is 0 Å². The van der Waals surface area contributed by atoms with Crippen LogP contribution in [0, 0.1) is 11.8 Å². The van der Waals surface area contributed by atoms with Crippen molar-refractivity contribution in [2.45, 2.75) is 39.2 Å². The van der Waals surface area contributed by atoms with Crippen molar-refractivity contribution in [2.24, 2.45) is 11.8 Å². The van der Waals surface area contributed by atoms with Gasteiger partial charge in [-0.3, -0.25) is 4.79 Å². The molecular formula is C13H24N2O. The zero-order chi connectivity index (χ0) is 12.0. The summed E-state index contributed by atoms with van der Waals surface area (Å²) in [6.45, 7) is 9.09. The van der Waals surface area contributed by atoms with E-state index in [4.69, 9.17) is 0 Å². The van der Waals surface area contributed by atoms with E-state index in [2.05, 4.69) is 31.1 Å². The number of carbonyl (C=O) groups excluding carboxylic acids is 1. The maximum Gasteiger partial charge on any atom is 0.234 e. The van der Waals surface area contributed by atoms with E-state index in [1.165, 1.54) is 19.3 Å². The van der Waals surface area contributed by atoms with Gasteiger partial charge in [0.2, 0.25) is 5.91 Å². The van der Waals surface area contributed by atoms with E-state index >= 15 is 0 Å². The molecule has 1 saturated carbocycles. The van der Waals surface area contributed by atoms with Crippen molar-refractivity contribution in [2.75, 3.05) is 13.1 Å². The molecule has 0 saturated heterocycles. The summed E-state index contributed by atoms with van der Waals surface area (Å²) in [6.07, 6.45) is 5.57. The first-order valence-electron chi connectivity index (χ1n) is 6.26. The predicted octanol–water partition coefficient (Wildman–Crippen LogP) is 1.70. The Morgan fingerprint density at radius 2 is 2.00 bits per heavy atom. The Morgan fingerprint density at radius 1 is 1.38 bits per heavy atom. The first-order valence-corrected chi connectivity index (χ1v) is 6.26. The zero-order valence-electron chi connectivity index (χ0n) is 10.5. The number of amides is 1. The highest BCUT2D eigenvalue weighted by Crippen LogP contribution is 2.28. The molecule has 0 aromatic rings. The molecule has 3 heteroatoms. The summed E-state index contributed by atoms with van der Waals surface area (Å²) in [5, 5.41) is 6.17. The molecule has 0 aromatic heterocycles. The van der Waals surface area contributed by atoms with Crippen molar-refractivity contribution in [3.05, 3.63) is 12.7 Å². The molecule has 0 spiro atoms. The molecule has 1 aliphatic rings. The summed E-state index contributed by atoms with van der Waals surface area (Å²) in [5.74, 6) is 1.41. The summed E-state index contributed by atoms with van der Waals surface area (Å²) >= 11 is 0. The highest BCUT2D eigenvalue weighted by molar-refractivity contribution is 5.78. The van der Waals surface area contributed by atoms with Crippen LogP contribution in [0.25, 0.3) is 0 Å². The second kappa shape index (κ2) is 6.69. The molecule has 3 nitrogen and oxygen atoms in total. The molecule has 0 bridgehead atoms. The van der Waals surface area contributed by atoms with Gasteiger partial charge in [-0.1, -0.05) is 26.3 Å². The van der Waals surface area contributed by atoms with Crippen LogP contribution in [0.4, 0.5) is 0 Å². The molecule has 0 aliphatic heterocycles. The summed E-state index contributed by atoms with van der Waals surface area (Å²) in [7, 11) is 0. The predicted molar refractivity (Wildman–Crippen MR) is 67.2 cm³/mol. The van der Waals surface area contributed by atoms with Gasteiger partial charge in [-0.05, 0) is 24.7 Å². The molecule has 2 N–H and O–H groups in total. The van der Waals surface area contributed by atoms with Crippen molar-refractivity contribution in [3.8, 4) is 0 Å². The van der Waals surface area contributed by atoms with E-state index in [0.29, 0.717) is 31.0 Å². The van der Waals surface area contributed by atoms with Gasteiger partial charge in [0.05, 0.1) is 6.54 Å². The van der Waals surface area contributed by atoms with Crippen LogP contribution >= 0.6 is 0 Å². The average molecular weight is 224 g/mol. The monoisotopic (exact) mass is 224 g/mol. The van der Waals surface area contributed by atoms with E-state index in [1.807, 2.05) is 0 Å². The van der Waals surface area contributed by atoms with Gasteiger partial charge in [-0.25, -0.2) is 0 Å². The Labute approximate surface area is 98.7 Å². The van der Waals surface area contributed by atoms with Crippen molar-refractivity contribution in [3.63, 3.8) is 0 Å². The second-order valence-corrected chi connectivity index (χ2v) is 4.88. The highest BCUT2D eigenvalue weighted by atomic mass is 16.1. The second-order valence-electron chi connectivity index (χ2n) is 4.88. The minimum Gasteiger partial charge on any atom is -0.352 e. The van der Waals surface area contributed by atoms with Crippen molar-refractivity contribution in [1.82, 2.24) is 10.6 Å². The summed E-state index contributed by atoms with van der Waals surface area (Å²) in [6, 6.07) is 0.489. The molecule has 1 aliphatic carbocycles. The fraction of sp³-hybridized carbons (Fsp3) is 0.769. The summed E-state index contributed by atoms with van der Waals surface area (Å²) < 4.78 is 0. The van der Waals surface area contributed by atoms with E-state index < -0.39 is 0 Å². The van der Waals surface area contributed by atoms with Gasteiger partial charge < -0.3 is 10.6 Å². The Bertz CT molecular complexity index is 230. The SMILES string of the molecule is C=CCNC(=O)CNC1C(C)CCCC1C. The Hall–Kier alpha value is -0.830. The van der Waals surface area contributed by atoms with Gasteiger partial charge in [0.15, 0.2) is 0 Å². The lowest BCUT2D eigenvalue weighted by Crippen LogP contribution is -2.46. The summed E-state index contributed by atoms with van der Waals surface area (Å²) in [4.78, 5) is 11.4. The molecule has 1 rings (SSSR count). The molecule has 0 aromatic carbocycles. The van der Waals surface area contributed by atoms with E-state index in [9.17, 15) is 4.79 Å². The van der Waals surface area contributed by atoms with Crippen molar-refractivity contribution in [1.29, 1.82) is 0 Å². The van der Waals surface area contributed by atoms with Gasteiger partial charge in [0.1, 0.15) is 0 Å². The molecule has 1 fully saturated rings. The third kappa shape index (κ3) is 3.97. The van der Waals surface area contributed by atoms with Gasteiger partial charge in [0.25, 0.3) is 0 Å². The molecule has 2 unspecified atom stereocenters. The molecule has 0 heterocycles. The van der Waals surface area contributed by atoms with Crippen LogP contribution < -0.4 is 10.6 Å². The van der Waals surface area contributed by atoms with Crippen LogP contribution in [0.15, 0.2) is 12.7 Å². The smallest absolute Gasteiger partial charge is 0.234 e. The van der Waals surface area contributed by atoms with E-state index in [-0.39, 0.29) is 5.91 Å². The zero-order valence-corrected chi connectivity index (χ0v) is 10.5. The Morgan fingerprint density at radius 3 is 2.56 bits per heavy atom. The number of rotatable bonds is 5. The maximum atomic E-state index is 11.4. The lowest BCUT2D eigenvalue weighted by Gasteiger charge is -2.35. The van der Waals surface area contributed by atoms with Gasteiger partial charge in [-0.2, -0.15) is 0 Å². The fourth-order valence-corrected chi connectivity index (χ4v) is 2.54. The molecule has 1 amide bonds. The molecule has 0 radical (unpaired) electrons. The lowest BCUT2D eigenvalue weighted by atomic mass is 9.79. The number of nitrogens with one attached hydrogen (secondary N) is 2. The quantitative estimate of drug-likeness (QED) is 0.698. The minimum atomic E-state index is 0.0601. The molecule has 92 valence electrons. The maximum absolute atomic E-state index is 11.4. The molecule has 2 atom stereocenters. The average Bonchev–Trinajstić information content (AvgIpc) is 2.25. The van der Waals surface area contributed by atoms with Crippen LogP contribution in [-0.2, 0) is 4.79 Å². The van der Waals surface area contributed by atoms with Gasteiger partial charge in [-0.15, -0.1) is 6.58 Å². The minimum absolute atomic E-state index is 0.0601. The van der Waals surface area contributed by atoms with Crippen LogP contribution in [0.1, 0.15) is 33.1 Å². The fourth-order valence-electron chi connectivity index (χ4n) is 2.54. The molecular weight excluding hydrogens is 200 g/mol. The summed E-state index contributed by atoms with van der Waals surface area (Å²) in [5.41, 5.74) is 0. The Kier molecular flexibility index (Phi) is 5.53. The number of hydrogen-bond acceptors (Lipinski definition) is 2. The number of hydrogen-bond donors (Lipinski definition) is 2. The number of carbonyl (C=O) groups is 1. The van der Waals surface area contributed by atoms with Gasteiger partial charge in [0, 0.05) is 12.6 Å². The van der Waals surface area contributed by atoms with E-state index in [1.54, 1.807) is 6.08 Å². The van der Waals surface area contributed by atoms with Crippen LogP contribution in [0.2, 0.25) is 0 Å². The largest absolute Gasteiger partial charge is 0.352 e. The van der Waals surface area contributed by atoms with Crippen LogP contribution in [-0.4, -0.2) is 25.0 Å². The standard InChI is InChI=1S/C13H24N2O/c1-4-8-14-12(16)9-15-13-10(2)6-5-7-11(13)3/h4,10-11,13,15H,1,5-9H2,2-3H3,(H,14,16). The third-order valence-corrected chi connectivity index (χ3v) is 3.49. The van der Waals surface area contributed by atoms with Crippen molar-refractivity contribution < 1.29 is 4.79 Å². The topological polar surface area (TPSA) is 41.1 Å². The Balaban J connectivity index is 2.29. The molecule has 16 heavy (non-hydrogen) atoms. The van der Waals surface area contributed by atoms with Gasteiger partial charge >= 0.3 is 0 Å². The third-order valence-electron chi connectivity index (χ3n) is 3.49. The first kappa shape index (κ1) is 13.2. The highest BCUT2D eigenvalue weighted by Gasteiger charge is 2.27. The van der Waals surface area contributed by atoms with E-state index in [0.717, 1.165) is 0 Å². The normalized spacial score (nSPS) is 29.8. The first-order chi connectivity index (χ1) is 7.65.